The van der Waals surface area contributed by atoms with Crippen LogP contribution in [0.1, 0.15) is 18.4 Å². The monoisotopic (exact) mass is 440 g/mol. The number of hydrogen-bond acceptors (Lipinski definition) is 4. The quantitative estimate of drug-likeness (QED) is 0.303. The Kier molecular flexibility index (Phi) is 5.84. The van der Waals surface area contributed by atoms with Gasteiger partial charge in [0.25, 0.3) is 0 Å². The zero-order valence-corrected chi connectivity index (χ0v) is 18.7. The molecule has 3 N–H and O–H groups in total. The molecular formula is C27H28N4O2. The number of methoxy groups -OCH3 is 1. The number of hydrogen-bond donors (Lipinski definition) is 3. The van der Waals surface area contributed by atoms with Gasteiger partial charge in [0.1, 0.15) is 17.2 Å². The minimum atomic E-state index is 0.238. The standard InChI is InChI=1S/C27H28N4O2/c1-33-25-8-3-2-7-22(25)24-16-30-27-23(24)14-21(15-29-27)19-5-4-6-20(13-19)26(28)31-11-9-18(17-32)10-12-31/h2-8,13-16,18,28,32H,9-12,17H2,1H3,(H,29,30). The average molecular weight is 441 g/mol. The molecule has 2 aromatic carbocycles. The molecule has 0 saturated carbocycles. The van der Waals surface area contributed by atoms with Crippen molar-refractivity contribution in [1.29, 1.82) is 5.41 Å². The molecule has 0 bridgehead atoms. The molecule has 1 fully saturated rings. The van der Waals surface area contributed by atoms with Crippen LogP contribution in [0.25, 0.3) is 33.3 Å². The molecular weight excluding hydrogens is 412 g/mol. The number of amidine groups is 1. The molecule has 0 unspecified atom stereocenters. The lowest BCUT2D eigenvalue weighted by atomic mass is 9.96. The third-order valence-electron chi connectivity index (χ3n) is 6.59. The van der Waals surface area contributed by atoms with Gasteiger partial charge >= 0.3 is 0 Å². The summed E-state index contributed by atoms with van der Waals surface area (Å²) in [6, 6.07) is 18.3. The van der Waals surface area contributed by atoms with Gasteiger partial charge in [-0.05, 0) is 42.5 Å². The van der Waals surface area contributed by atoms with Gasteiger partial charge in [-0.1, -0.05) is 36.4 Å². The number of nitrogens with one attached hydrogen (secondary N) is 2. The number of likely N-dealkylation sites (tertiary alicyclic amines) is 1. The van der Waals surface area contributed by atoms with E-state index >= 15 is 0 Å². The molecule has 2 aromatic heterocycles. The molecule has 168 valence electrons. The Labute approximate surface area is 193 Å². The van der Waals surface area contributed by atoms with Crippen LogP contribution in [0.4, 0.5) is 0 Å². The molecule has 1 aliphatic rings. The van der Waals surface area contributed by atoms with Crippen LogP contribution in [0.3, 0.4) is 0 Å². The molecule has 6 heteroatoms. The first-order chi connectivity index (χ1) is 16.2. The van der Waals surface area contributed by atoms with Gasteiger partial charge in [-0.25, -0.2) is 4.98 Å². The Morgan fingerprint density at radius 2 is 1.91 bits per heavy atom. The van der Waals surface area contributed by atoms with Crippen molar-refractivity contribution in [1.82, 2.24) is 14.9 Å². The number of nitrogens with zero attached hydrogens (tertiary/aromatic N) is 2. The number of H-pyrrole nitrogens is 1. The summed E-state index contributed by atoms with van der Waals surface area (Å²) in [7, 11) is 1.68. The van der Waals surface area contributed by atoms with Crippen molar-refractivity contribution in [2.75, 3.05) is 26.8 Å². The van der Waals surface area contributed by atoms with Crippen molar-refractivity contribution in [3.8, 4) is 28.0 Å². The molecule has 0 radical (unpaired) electrons. The lowest BCUT2D eigenvalue weighted by Crippen LogP contribution is -2.39. The molecule has 6 nitrogen and oxygen atoms in total. The van der Waals surface area contributed by atoms with Crippen LogP contribution in [0.5, 0.6) is 5.75 Å². The molecule has 0 atom stereocenters. The zero-order valence-electron chi connectivity index (χ0n) is 18.7. The van der Waals surface area contributed by atoms with E-state index in [0.717, 1.165) is 70.5 Å². The summed E-state index contributed by atoms with van der Waals surface area (Å²) in [5, 5.41) is 19.2. The lowest BCUT2D eigenvalue weighted by molar-refractivity contribution is 0.166. The summed E-state index contributed by atoms with van der Waals surface area (Å²) in [5.41, 5.74) is 5.83. The number of aromatic nitrogens is 2. The summed E-state index contributed by atoms with van der Waals surface area (Å²) < 4.78 is 5.57. The van der Waals surface area contributed by atoms with E-state index in [1.807, 2.05) is 42.7 Å². The summed E-state index contributed by atoms with van der Waals surface area (Å²) in [4.78, 5) is 10.0. The van der Waals surface area contributed by atoms with E-state index in [1.165, 1.54) is 0 Å². The van der Waals surface area contributed by atoms with Crippen molar-refractivity contribution in [3.05, 3.63) is 72.6 Å². The van der Waals surface area contributed by atoms with Crippen LogP contribution in [-0.4, -0.2) is 52.6 Å². The Morgan fingerprint density at radius 1 is 1.09 bits per heavy atom. The highest BCUT2D eigenvalue weighted by Crippen LogP contribution is 2.36. The predicted octanol–water partition coefficient (Wildman–Crippen LogP) is 4.94. The van der Waals surface area contributed by atoms with E-state index in [4.69, 9.17) is 10.1 Å². The number of fused-ring (bicyclic) bond motifs is 1. The van der Waals surface area contributed by atoms with Crippen molar-refractivity contribution >= 4 is 16.9 Å². The Morgan fingerprint density at radius 3 is 2.70 bits per heavy atom. The molecule has 0 amide bonds. The predicted molar refractivity (Wildman–Crippen MR) is 132 cm³/mol. The van der Waals surface area contributed by atoms with Gasteiger partial charge in [0.15, 0.2) is 0 Å². The van der Waals surface area contributed by atoms with Gasteiger partial charge in [0.2, 0.25) is 0 Å². The van der Waals surface area contributed by atoms with Gasteiger partial charge < -0.3 is 19.7 Å². The van der Waals surface area contributed by atoms with Gasteiger partial charge in [-0.3, -0.25) is 5.41 Å². The van der Waals surface area contributed by atoms with Gasteiger partial charge in [-0.15, -0.1) is 0 Å². The molecule has 4 aromatic rings. The molecule has 33 heavy (non-hydrogen) atoms. The number of ether oxygens (including phenoxy) is 1. The number of para-hydroxylation sites is 1. The number of aromatic amines is 1. The normalized spacial score (nSPS) is 14.5. The summed E-state index contributed by atoms with van der Waals surface area (Å²) in [5.74, 6) is 1.72. The minimum absolute atomic E-state index is 0.238. The number of aliphatic hydroxyl groups is 1. The molecule has 5 rings (SSSR count). The molecule has 1 aliphatic heterocycles. The van der Waals surface area contributed by atoms with Gasteiger partial charge in [-0.2, -0.15) is 0 Å². The maximum Gasteiger partial charge on any atom is 0.137 e. The second-order valence-corrected chi connectivity index (χ2v) is 8.57. The second-order valence-electron chi connectivity index (χ2n) is 8.57. The van der Waals surface area contributed by atoms with Crippen molar-refractivity contribution in [2.45, 2.75) is 12.8 Å². The molecule has 3 heterocycles. The van der Waals surface area contributed by atoms with Gasteiger partial charge in [0.05, 0.1) is 7.11 Å². The van der Waals surface area contributed by atoms with Crippen LogP contribution >= 0.6 is 0 Å². The Balaban J connectivity index is 1.47. The first-order valence-corrected chi connectivity index (χ1v) is 11.3. The fourth-order valence-corrected chi connectivity index (χ4v) is 4.62. The molecule has 0 spiro atoms. The van der Waals surface area contributed by atoms with Crippen LogP contribution in [0.15, 0.2) is 67.0 Å². The number of benzene rings is 2. The highest BCUT2D eigenvalue weighted by molar-refractivity contribution is 5.99. The van der Waals surface area contributed by atoms with Crippen molar-refractivity contribution < 1.29 is 9.84 Å². The van der Waals surface area contributed by atoms with Crippen LogP contribution in [0, 0.1) is 11.3 Å². The highest BCUT2D eigenvalue weighted by atomic mass is 16.5. The van der Waals surface area contributed by atoms with Crippen LogP contribution < -0.4 is 4.74 Å². The maximum atomic E-state index is 9.39. The van der Waals surface area contributed by atoms with E-state index < -0.39 is 0 Å². The van der Waals surface area contributed by atoms with E-state index in [0.29, 0.717) is 11.8 Å². The number of rotatable bonds is 5. The minimum Gasteiger partial charge on any atom is -0.496 e. The summed E-state index contributed by atoms with van der Waals surface area (Å²) in [6.07, 6.45) is 5.71. The van der Waals surface area contributed by atoms with E-state index in [-0.39, 0.29) is 6.61 Å². The third-order valence-corrected chi connectivity index (χ3v) is 6.59. The Bertz CT molecular complexity index is 1290. The van der Waals surface area contributed by atoms with Crippen molar-refractivity contribution in [2.24, 2.45) is 5.92 Å². The maximum absolute atomic E-state index is 9.39. The smallest absolute Gasteiger partial charge is 0.137 e. The first-order valence-electron chi connectivity index (χ1n) is 11.3. The van der Waals surface area contributed by atoms with Crippen molar-refractivity contribution in [3.63, 3.8) is 0 Å². The average Bonchev–Trinajstić information content (AvgIpc) is 3.31. The van der Waals surface area contributed by atoms with E-state index in [1.54, 1.807) is 7.11 Å². The highest BCUT2D eigenvalue weighted by Gasteiger charge is 2.21. The second kappa shape index (κ2) is 9.08. The van der Waals surface area contributed by atoms with Gasteiger partial charge in [0, 0.05) is 59.7 Å². The molecule has 0 aliphatic carbocycles. The fraction of sp³-hybridized carbons (Fsp3) is 0.259. The third kappa shape index (κ3) is 4.10. The van der Waals surface area contributed by atoms with Crippen LogP contribution in [-0.2, 0) is 0 Å². The zero-order chi connectivity index (χ0) is 22.8. The summed E-state index contributed by atoms with van der Waals surface area (Å²) >= 11 is 0. The number of pyridine rings is 1. The lowest BCUT2D eigenvalue weighted by Gasteiger charge is -2.33. The van der Waals surface area contributed by atoms with E-state index in [2.05, 4.69) is 39.1 Å². The first kappa shape index (κ1) is 21.2. The van der Waals surface area contributed by atoms with E-state index in [9.17, 15) is 5.11 Å². The largest absolute Gasteiger partial charge is 0.496 e. The Hall–Kier alpha value is -3.64. The number of aliphatic hydroxyl groups excluding tert-OH is 1. The number of piperidine rings is 1. The molecule has 1 saturated heterocycles. The fourth-order valence-electron chi connectivity index (χ4n) is 4.62. The topological polar surface area (TPSA) is 85.2 Å². The van der Waals surface area contributed by atoms with Crippen LogP contribution in [0.2, 0.25) is 0 Å². The summed E-state index contributed by atoms with van der Waals surface area (Å²) in [6.45, 7) is 1.86. The SMILES string of the molecule is COc1ccccc1-c1c[nH]c2ncc(-c3cccc(C(=N)N4CCC(CO)CC4)c3)cc12.